The lowest BCUT2D eigenvalue weighted by Gasteiger charge is -2.24. The van der Waals surface area contributed by atoms with E-state index in [4.69, 9.17) is 9.84 Å². The number of ether oxygens (including phenoxy) is 1. The van der Waals surface area contributed by atoms with Crippen molar-refractivity contribution in [1.29, 1.82) is 0 Å². The molecule has 2 rings (SSSR count). The number of hydrogen-bond acceptors (Lipinski definition) is 3. The molecule has 0 unspecified atom stereocenters. The van der Waals surface area contributed by atoms with Crippen LogP contribution in [0.5, 0.6) is 5.75 Å². The summed E-state index contributed by atoms with van der Waals surface area (Å²) in [4.78, 5) is 2.42. The third-order valence-electron chi connectivity index (χ3n) is 3.21. The van der Waals surface area contributed by atoms with Crippen molar-refractivity contribution in [2.45, 2.75) is 25.4 Å². The zero-order valence-corrected chi connectivity index (χ0v) is 12.7. The average molecular weight is 361 g/mol. The van der Waals surface area contributed by atoms with Gasteiger partial charge in [0.05, 0.1) is 0 Å². The molecule has 100 valence electrons. The first-order valence-electron chi connectivity index (χ1n) is 6.53. The fourth-order valence-electron chi connectivity index (χ4n) is 2.32. The highest BCUT2D eigenvalue weighted by molar-refractivity contribution is 14.1. The van der Waals surface area contributed by atoms with Crippen LogP contribution < -0.4 is 4.74 Å². The lowest BCUT2D eigenvalue weighted by Crippen LogP contribution is -2.34. The standard InChI is InChI=1S/C14H20INO2/c15-12-4-3-5-13(10-12)18-14(6-9-17)11-16-7-1-2-8-16/h3-5,10,14,17H,1-2,6-9,11H2/t14-/m0/s1. The molecule has 0 spiro atoms. The van der Waals surface area contributed by atoms with Gasteiger partial charge in [0.25, 0.3) is 0 Å². The van der Waals surface area contributed by atoms with Gasteiger partial charge in [-0.25, -0.2) is 0 Å². The molecule has 18 heavy (non-hydrogen) atoms. The van der Waals surface area contributed by atoms with Crippen LogP contribution in [-0.4, -0.2) is 42.4 Å². The maximum absolute atomic E-state index is 9.14. The maximum atomic E-state index is 9.14. The third-order valence-corrected chi connectivity index (χ3v) is 3.88. The molecule has 1 heterocycles. The first-order chi connectivity index (χ1) is 8.78. The molecule has 4 heteroatoms. The minimum atomic E-state index is 0.0892. The van der Waals surface area contributed by atoms with Gasteiger partial charge in [-0.2, -0.15) is 0 Å². The summed E-state index contributed by atoms with van der Waals surface area (Å²) in [6.45, 7) is 3.43. The fraction of sp³-hybridized carbons (Fsp3) is 0.571. The highest BCUT2D eigenvalue weighted by atomic mass is 127. The molecule has 0 aromatic heterocycles. The van der Waals surface area contributed by atoms with E-state index >= 15 is 0 Å². The Kier molecular flexibility index (Phi) is 5.72. The molecule has 1 aromatic carbocycles. The molecule has 0 bridgehead atoms. The van der Waals surface area contributed by atoms with Crippen molar-refractivity contribution in [3.05, 3.63) is 27.8 Å². The van der Waals surface area contributed by atoms with Gasteiger partial charge in [0.15, 0.2) is 0 Å². The molecule has 1 saturated heterocycles. The molecule has 0 radical (unpaired) electrons. The van der Waals surface area contributed by atoms with Crippen LogP contribution in [0.3, 0.4) is 0 Å². The first-order valence-corrected chi connectivity index (χ1v) is 7.61. The lowest BCUT2D eigenvalue weighted by atomic mass is 10.2. The highest BCUT2D eigenvalue weighted by Gasteiger charge is 2.18. The van der Waals surface area contributed by atoms with Crippen LogP contribution in [0.4, 0.5) is 0 Å². The van der Waals surface area contributed by atoms with E-state index in [1.54, 1.807) is 0 Å². The number of rotatable bonds is 6. The minimum absolute atomic E-state index is 0.0892. The number of likely N-dealkylation sites (tertiary alicyclic amines) is 1. The maximum Gasteiger partial charge on any atom is 0.120 e. The Labute approximate surface area is 122 Å². The van der Waals surface area contributed by atoms with Crippen LogP contribution in [0, 0.1) is 3.57 Å². The molecule has 0 saturated carbocycles. The molecule has 1 aliphatic heterocycles. The molecule has 1 aliphatic rings. The Morgan fingerprint density at radius 1 is 1.33 bits per heavy atom. The number of halogens is 1. The second-order valence-electron chi connectivity index (χ2n) is 4.72. The highest BCUT2D eigenvalue weighted by Crippen LogP contribution is 2.18. The molecule has 1 aromatic rings. The van der Waals surface area contributed by atoms with Crippen molar-refractivity contribution in [3.63, 3.8) is 0 Å². The fourth-order valence-corrected chi connectivity index (χ4v) is 2.83. The van der Waals surface area contributed by atoms with E-state index in [1.165, 1.54) is 16.4 Å². The van der Waals surface area contributed by atoms with Gasteiger partial charge in [-0.15, -0.1) is 0 Å². The van der Waals surface area contributed by atoms with Crippen molar-refractivity contribution >= 4 is 22.6 Å². The van der Waals surface area contributed by atoms with Crippen LogP contribution in [-0.2, 0) is 0 Å². The van der Waals surface area contributed by atoms with Crippen molar-refractivity contribution < 1.29 is 9.84 Å². The summed E-state index contributed by atoms with van der Waals surface area (Å²) >= 11 is 2.28. The Bertz CT molecular complexity index is 367. The zero-order valence-electron chi connectivity index (χ0n) is 10.5. The second-order valence-corrected chi connectivity index (χ2v) is 5.96. The normalized spacial score (nSPS) is 17.9. The Hall–Kier alpha value is -0.330. The van der Waals surface area contributed by atoms with Gasteiger partial charge in [-0.1, -0.05) is 6.07 Å². The summed E-state index contributed by atoms with van der Waals surface area (Å²) in [5.41, 5.74) is 0. The first kappa shape index (κ1) is 14.1. The molecule has 1 N–H and O–H groups in total. The number of aliphatic hydroxyl groups excluding tert-OH is 1. The van der Waals surface area contributed by atoms with Crippen molar-refractivity contribution in [1.82, 2.24) is 4.90 Å². The average Bonchev–Trinajstić information content (AvgIpc) is 2.82. The molecular weight excluding hydrogens is 341 g/mol. The summed E-state index contributed by atoms with van der Waals surface area (Å²) in [5, 5.41) is 9.14. The number of hydrogen-bond donors (Lipinski definition) is 1. The third kappa shape index (κ3) is 4.40. The lowest BCUT2D eigenvalue weighted by molar-refractivity contribution is 0.116. The van der Waals surface area contributed by atoms with Crippen LogP contribution in [0.15, 0.2) is 24.3 Å². The van der Waals surface area contributed by atoms with Crippen LogP contribution in [0.1, 0.15) is 19.3 Å². The van der Waals surface area contributed by atoms with Gasteiger partial charge < -0.3 is 9.84 Å². The van der Waals surface area contributed by atoms with E-state index in [0.717, 1.165) is 25.4 Å². The molecule has 0 amide bonds. The Morgan fingerprint density at radius 2 is 2.11 bits per heavy atom. The topological polar surface area (TPSA) is 32.7 Å². The largest absolute Gasteiger partial charge is 0.489 e. The van der Waals surface area contributed by atoms with Crippen molar-refractivity contribution in [2.24, 2.45) is 0 Å². The van der Waals surface area contributed by atoms with Crippen LogP contribution in [0.2, 0.25) is 0 Å². The summed E-state index contributed by atoms with van der Waals surface area (Å²) < 4.78 is 7.17. The smallest absolute Gasteiger partial charge is 0.120 e. The molecular formula is C14H20INO2. The molecule has 1 fully saturated rings. The molecule has 3 nitrogen and oxygen atoms in total. The van der Waals surface area contributed by atoms with Crippen LogP contribution >= 0.6 is 22.6 Å². The van der Waals surface area contributed by atoms with Crippen LogP contribution in [0.25, 0.3) is 0 Å². The minimum Gasteiger partial charge on any atom is -0.489 e. The molecule has 1 atom stereocenters. The Morgan fingerprint density at radius 3 is 2.78 bits per heavy atom. The molecule has 0 aliphatic carbocycles. The van der Waals surface area contributed by atoms with E-state index in [2.05, 4.69) is 33.6 Å². The van der Waals surface area contributed by atoms with E-state index in [0.29, 0.717) is 6.42 Å². The number of aliphatic hydroxyl groups is 1. The SMILES string of the molecule is OCC[C@@H](CN1CCCC1)Oc1cccc(I)c1. The summed E-state index contributed by atoms with van der Waals surface area (Å²) in [6.07, 6.45) is 3.36. The monoisotopic (exact) mass is 361 g/mol. The zero-order chi connectivity index (χ0) is 12.8. The van der Waals surface area contributed by atoms with E-state index in [9.17, 15) is 0 Å². The van der Waals surface area contributed by atoms with Gasteiger partial charge in [-0.05, 0) is 66.7 Å². The van der Waals surface area contributed by atoms with Gasteiger partial charge in [0.1, 0.15) is 11.9 Å². The van der Waals surface area contributed by atoms with E-state index < -0.39 is 0 Å². The predicted molar refractivity (Wildman–Crippen MR) is 81.0 cm³/mol. The quantitative estimate of drug-likeness (QED) is 0.791. The summed E-state index contributed by atoms with van der Waals surface area (Å²) in [6, 6.07) is 8.07. The van der Waals surface area contributed by atoms with Gasteiger partial charge in [0.2, 0.25) is 0 Å². The Balaban J connectivity index is 1.92. The number of benzene rings is 1. The summed E-state index contributed by atoms with van der Waals surface area (Å²) in [5.74, 6) is 0.902. The van der Waals surface area contributed by atoms with E-state index in [-0.39, 0.29) is 12.7 Å². The summed E-state index contributed by atoms with van der Waals surface area (Å²) in [7, 11) is 0. The van der Waals surface area contributed by atoms with Gasteiger partial charge in [0, 0.05) is 23.1 Å². The van der Waals surface area contributed by atoms with Gasteiger partial charge in [-0.3, -0.25) is 4.90 Å². The van der Waals surface area contributed by atoms with E-state index in [1.807, 2.05) is 18.2 Å². The van der Waals surface area contributed by atoms with Gasteiger partial charge >= 0.3 is 0 Å². The van der Waals surface area contributed by atoms with Crippen molar-refractivity contribution in [2.75, 3.05) is 26.2 Å². The second kappa shape index (κ2) is 7.31. The van der Waals surface area contributed by atoms with Crippen molar-refractivity contribution in [3.8, 4) is 5.75 Å². The number of nitrogens with zero attached hydrogens (tertiary/aromatic N) is 1. The predicted octanol–water partition coefficient (Wildman–Crippen LogP) is 2.52.